The smallest absolute Gasteiger partial charge is 0.407 e. The fourth-order valence-corrected chi connectivity index (χ4v) is 3.23. The highest BCUT2D eigenvalue weighted by atomic mass is 19.1. The summed E-state index contributed by atoms with van der Waals surface area (Å²) in [6, 6.07) is 13.9. The molecule has 0 bridgehead atoms. The molecule has 1 fully saturated rings. The molecule has 6 heteroatoms. The molecule has 5 nitrogen and oxygen atoms in total. The Balaban J connectivity index is 1.56. The first kappa shape index (κ1) is 18.2. The average Bonchev–Trinajstić information content (AvgIpc) is 2.64. The Kier molecular flexibility index (Phi) is 5.73. The zero-order valence-corrected chi connectivity index (χ0v) is 14.8. The number of carboxylic acid groups (broad SMARTS) is 1. The third-order valence-corrected chi connectivity index (χ3v) is 4.76. The molecule has 0 spiro atoms. The number of hydrogen-bond acceptors (Lipinski definition) is 3. The lowest BCUT2D eigenvalue weighted by molar-refractivity contribution is 0.103. The third-order valence-electron chi connectivity index (χ3n) is 4.76. The number of hydrogen-bond donors (Lipinski definition) is 1. The summed E-state index contributed by atoms with van der Waals surface area (Å²) in [5.74, 6) is 1.03. The highest BCUT2D eigenvalue weighted by molar-refractivity contribution is 5.64. The highest BCUT2D eigenvalue weighted by Gasteiger charge is 2.24. The van der Waals surface area contributed by atoms with Crippen molar-refractivity contribution in [1.29, 1.82) is 0 Å². The number of piperidine rings is 1. The molecule has 3 rings (SSSR count). The maximum atomic E-state index is 13.0. The topological polar surface area (TPSA) is 53.0 Å². The fourth-order valence-electron chi connectivity index (χ4n) is 3.23. The van der Waals surface area contributed by atoms with Crippen molar-refractivity contribution in [3.05, 3.63) is 59.9 Å². The van der Waals surface area contributed by atoms with E-state index in [1.807, 2.05) is 24.3 Å². The van der Waals surface area contributed by atoms with E-state index >= 15 is 0 Å². The zero-order valence-electron chi connectivity index (χ0n) is 14.8. The maximum Gasteiger partial charge on any atom is 0.407 e. The van der Waals surface area contributed by atoms with Gasteiger partial charge in [0, 0.05) is 32.7 Å². The number of carbonyl (C=O) groups is 1. The maximum absolute atomic E-state index is 13.0. The lowest BCUT2D eigenvalue weighted by atomic mass is 10.0. The van der Waals surface area contributed by atoms with Crippen LogP contribution in [0.15, 0.2) is 48.5 Å². The van der Waals surface area contributed by atoms with Gasteiger partial charge in [0.05, 0.1) is 0 Å². The Hall–Kier alpha value is -2.60. The summed E-state index contributed by atoms with van der Waals surface area (Å²) < 4.78 is 18.8. The van der Waals surface area contributed by atoms with Crippen LogP contribution in [-0.4, -0.2) is 47.2 Å². The summed E-state index contributed by atoms with van der Waals surface area (Å²) in [5, 5.41) is 9.08. The van der Waals surface area contributed by atoms with Crippen LogP contribution >= 0.6 is 0 Å². The van der Waals surface area contributed by atoms with Gasteiger partial charge in [0.15, 0.2) is 0 Å². The number of rotatable bonds is 5. The van der Waals surface area contributed by atoms with Gasteiger partial charge in [-0.3, -0.25) is 4.90 Å². The fraction of sp³-hybridized carbons (Fsp3) is 0.350. The normalized spacial score (nSPS) is 15.6. The average molecular weight is 358 g/mol. The van der Waals surface area contributed by atoms with Gasteiger partial charge in [0.2, 0.25) is 0 Å². The standard InChI is InChI=1S/C20H23FN2O3/c1-22(20(24)25)17-9-11-23(12-10-17)14-15-3-2-4-19(13-15)26-18-7-5-16(21)6-8-18/h2-8,13,17H,9-12,14H2,1H3,(H,24,25). The molecular formula is C20H23FN2O3. The number of likely N-dealkylation sites (tertiary alicyclic amines) is 1. The monoisotopic (exact) mass is 358 g/mol. The Morgan fingerprint density at radius 1 is 1.19 bits per heavy atom. The van der Waals surface area contributed by atoms with Crippen LogP contribution in [0.2, 0.25) is 0 Å². The SMILES string of the molecule is CN(C(=O)O)C1CCN(Cc2cccc(Oc3ccc(F)cc3)c2)CC1. The quantitative estimate of drug-likeness (QED) is 0.871. The van der Waals surface area contributed by atoms with E-state index in [4.69, 9.17) is 9.84 Å². The molecule has 26 heavy (non-hydrogen) atoms. The highest BCUT2D eigenvalue weighted by Crippen LogP contribution is 2.24. The van der Waals surface area contributed by atoms with Crippen molar-refractivity contribution in [2.24, 2.45) is 0 Å². The molecular weight excluding hydrogens is 335 g/mol. The minimum Gasteiger partial charge on any atom is -0.465 e. The van der Waals surface area contributed by atoms with Crippen molar-refractivity contribution in [3.63, 3.8) is 0 Å². The Labute approximate surface area is 152 Å². The molecule has 1 N–H and O–H groups in total. The molecule has 1 amide bonds. The number of nitrogens with zero attached hydrogens (tertiary/aromatic N) is 2. The first-order valence-electron chi connectivity index (χ1n) is 8.72. The summed E-state index contributed by atoms with van der Waals surface area (Å²) in [6.45, 7) is 2.53. The van der Waals surface area contributed by atoms with Crippen molar-refractivity contribution in [3.8, 4) is 11.5 Å². The molecule has 1 aliphatic rings. The first-order valence-corrected chi connectivity index (χ1v) is 8.72. The molecule has 2 aromatic rings. The molecule has 1 heterocycles. The van der Waals surface area contributed by atoms with Gasteiger partial charge in [-0.1, -0.05) is 12.1 Å². The second-order valence-corrected chi connectivity index (χ2v) is 6.60. The summed E-state index contributed by atoms with van der Waals surface area (Å²) >= 11 is 0. The number of benzene rings is 2. The third kappa shape index (κ3) is 4.73. The molecule has 1 saturated heterocycles. The minimum atomic E-state index is -0.867. The molecule has 2 aromatic carbocycles. The van der Waals surface area contributed by atoms with Crippen LogP contribution in [0.4, 0.5) is 9.18 Å². The summed E-state index contributed by atoms with van der Waals surface area (Å²) in [4.78, 5) is 14.8. The molecule has 0 aromatic heterocycles. The molecule has 0 unspecified atom stereocenters. The lowest BCUT2D eigenvalue weighted by Crippen LogP contribution is -2.44. The van der Waals surface area contributed by atoms with Crippen molar-refractivity contribution in [2.75, 3.05) is 20.1 Å². The van der Waals surface area contributed by atoms with E-state index in [0.29, 0.717) is 5.75 Å². The second kappa shape index (κ2) is 8.19. The van der Waals surface area contributed by atoms with Crippen molar-refractivity contribution < 1.29 is 19.0 Å². The van der Waals surface area contributed by atoms with Crippen LogP contribution in [0.5, 0.6) is 11.5 Å². The molecule has 0 radical (unpaired) electrons. The van der Waals surface area contributed by atoms with E-state index < -0.39 is 6.09 Å². The van der Waals surface area contributed by atoms with Crippen molar-refractivity contribution in [2.45, 2.75) is 25.4 Å². The molecule has 0 saturated carbocycles. The number of amides is 1. The van der Waals surface area contributed by atoms with Gasteiger partial charge in [0.25, 0.3) is 0 Å². The lowest BCUT2D eigenvalue weighted by Gasteiger charge is -2.35. The predicted molar refractivity (Wildman–Crippen MR) is 97.0 cm³/mol. The van der Waals surface area contributed by atoms with Crippen LogP contribution in [0, 0.1) is 5.82 Å². The van der Waals surface area contributed by atoms with E-state index in [1.165, 1.54) is 17.0 Å². The summed E-state index contributed by atoms with van der Waals surface area (Å²) in [5.41, 5.74) is 1.13. The molecule has 138 valence electrons. The Bertz CT molecular complexity index is 743. The summed E-state index contributed by atoms with van der Waals surface area (Å²) in [6.07, 6.45) is 0.817. The second-order valence-electron chi connectivity index (χ2n) is 6.60. The first-order chi connectivity index (χ1) is 12.5. The van der Waals surface area contributed by atoms with Gasteiger partial charge in [0.1, 0.15) is 17.3 Å². The van der Waals surface area contributed by atoms with Crippen LogP contribution < -0.4 is 4.74 Å². The van der Waals surface area contributed by atoms with Gasteiger partial charge in [-0.05, 0) is 54.8 Å². The van der Waals surface area contributed by atoms with Gasteiger partial charge in [-0.2, -0.15) is 0 Å². The predicted octanol–water partition coefficient (Wildman–Crippen LogP) is 4.19. The largest absolute Gasteiger partial charge is 0.465 e. The van der Waals surface area contributed by atoms with E-state index in [-0.39, 0.29) is 11.9 Å². The van der Waals surface area contributed by atoms with Gasteiger partial charge in [-0.15, -0.1) is 0 Å². The van der Waals surface area contributed by atoms with Gasteiger partial charge in [-0.25, -0.2) is 9.18 Å². The molecule has 0 aliphatic carbocycles. The van der Waals surface area contributed by atoms with E-state index in [2.05, 4.69) is 4.90 Å². The number of ether oxygens (including phenoxy) is 1. The Morgan fingerprint density at radius 3 is 2.54 bits per heavy atom. The minimum absolute atomic E-state index is 0.0943. The van der Waals surface area contributed by atoms with E-state index in [9.17, 15) is 9.18 Å². The van der Waals surface area contributed by atoms with E-state index in [1.54, 1.807) is 19.2 Å². The number of halogens is 1. The molecule has 0 atom stereocenters. The van der Waals surface area contributed by atoms with Crippen molar-refractivity contribution >= 4 is 6.09 Å². The van der Waals surface area contributed by atoms with Crippen LogP contribution in [0.3, 0.4) is 0 Å². The summed E-state index contributed by atoms with van der Waals surface area (Å²) in [7, 11) is 1.64. The van der Waals surface area contributed by atoms with Crippen molar-refractivity contribution in [1.82, 2.24) is 9.80 Å². The van der Waals surface area contributed by atoms with Gasteiger partial charge < -0.3 is 14.7 Å². The van der Waals surface area contributed by atoms with Crippen LogP contribution in [0.25, 0.3) is 0 Å². The van der Waals surface area contributed by atoms with E-state index in [0.717, 1.165) is 43.8 Å². The van der Waals surface area contributed by atoms with Crippen LogP contribution in [0.1, 0.15) is 18.4 Å². The van der Waals surface area contributed by atoms with Gasteiger partial charge >= 0.3 is 6.09 Å². The molecule has 1 aliphatic heterocycles. The zero-order chi connectivity index (χ0) is 18.5. The Morgan fingerprint density at radius 2 is 1.88 bits per heavy atom. The van der Waals surface area contributed by atoms with Crippen LogP contribution in [-0.2, 0) is 6.54 Å².